The van der Waals surface area contributed by atoms with Crippen molar-refractivity contribution in [1.29, 1.82) is 0 Å². The van der Waals surface area contributed by atoms with Gasteiger partial charge in [-0.15, -0.1) is 0 Å². The number of hydrogen-bond acceptors (Lipinski definition) is 5. The van der Waals surface area contributed by atoms with Gasteiger partial charge in [-0.25, -0.2) is 4.98 Å². The number of amides is 1. The van der Waals surface area contributed by atoms with Gasteiger partial charge in [-0.2, -0.15) is 0 Å². The summed E-state index contributed by atoms with van der Waals surface area (Å²) in [4.78, 5) is 38.2. The number of fused-ring (bicyclic) bond motifs is 1. The first-order valence-corrected chi connectivity index (χ1v) is 16.9. The standard InChI is InChI=1S/C39H37Cl2N5O3/c1-4-46(25(3)27-12-14-29(40)15-13-27)36(24(2)26-9-6-5-7-10-26)34-31-17-16-30(41)23-33(31)43-35(34)38(47)44-32-11-8-20-42-37(32)45-21-18-28(19-22-45)39(48)49/h4-17,20,23,25,28,43H,1,18-19,21-22H2,2-3H3,(H,44,47)(H,48,49)/b36-24+. The third kappa shape index (κ3) is 7.07. The van der Waals surface area contributed by atoms with Gasteiger partial charge in [0.15, 0.2) is 5.82 Å². The number of carboxylic acids is 1. The molecule has 0 saturated carbocycles. The molecule has 49 heavy (non-hydrogen) atoms. The average Bonchev–Trinajstić information content (AvgIpc) is 3.49. The Kier molecular flexibility index (Phi) is 10.1. The molecule has 0 radical (unpaired) electrons. The van der Waals surface area contributed by atoms with E-state index >= 15 is 0 Å². The maximum Gasteiger partial charge on any atom is 0.306 e. The first kappa shape index (κ1) is 33.8. The lowest BCUT2D eigenvalue weighted by Crippen LogP contribution is -2.37. The van der Waals surface area contributed by atoms with E-state index in [0.29, 0.717) is 64.3 Å². The maximum atomic E-state index is 14.5. The molecule has 250 valence electrons. The number of rotatable bonds is 10. The van der Waals surface area contributed by atoms with E-state index in [1.165, 1.54) is 0 Å². The smallest absolute Gasteiger partial charge is 0.306 e. The predicted octanol–water partition coefficient (Wildman–Crippen LogP) is 9.52. The summed E-state index contributed by atoms with van der Waals surface area (Å²) in [6, 6.07) is 26.7. The van der Waals surface area contributed by atoms with E-state index in [9.17, 15) is 14.7 Å². The van der Waals surface area contributed by atoms with E-state index in [-0.39, 0.29) is 17.9 Å². The van der Waals surface area contributed by atoms with Gasteiger partial charge in [0.1, 0.15) is 5.69 Å². The molecule has 1 aliphatic heterocycles. The summed E-state index contributed by atoms with van der Waals surface area (Å²) in [5.41, 5.74) is 6.01. The largest absolute Gasteiger partial charge is 0.481 e. The zero-order chi connectivity index (χ0) is 34.7. The Morgan fingerprint density at radius 1 is 1.02 bits per heavy atom. The zero-order valence-electron chi connectivity index (χ0n) is 27.3. The summed E-state index contributed by atoms with van der Waals surface area (Å²) in [6.07, 6.45) is 4.47. The first-order valence-electron chi connectivity index (χ1n) is 16.1. The number of carboxylic acid groups (broad SMARTS) is 1. The van der Waals surface area contributed by atoms with Gasteiger partial charge in [0, 0.05) is 45.8 Å². The molecular formula is C39H37Cl2N5O3. The lowest BCUT2D eigenvalue weighted by atomic mass is 9.95. The number of nitrogens with zero attached hydrogens (tertiary/aromatic N) is 3. The fourth-order valence-electron chi connectivity index (χ4n) is 6.54. The van der Waals surface area contributed by atoms with Crippen molar-refractivity contribution in [3.8, 4) is 0 Å². The minimum absolute atomic E-state index is 0.185. The Morgan fingerprint density at radius 3 is 2.39 bits per heavy atom. The van der Waals surface area contributed by atoms with Gasteiger partial charge in [0.2, 0.25) is 0 Å². The van der Waals surface area contributed by atoms with Crippen molar-refractivity contribution < 1.29 is 14.7 Å². The first-order chi connectivity index (χ1) is 23.7. The second kappa shape index (κ2) is 14.6. The summed E-state index contributed by atoms with van der Waals surface area (Å²) >= 11 is 12.7. The second-order valence-electron chi connectivity index (χ2n) is 12.2. The van der Waals surface area contributed by atoms with Crippen LogP contribution in [0.5, 0.6) is 0 Å². The molecule has 2 aromatic heterocycles. The van der Waals surface area contributed by atoms with Crippen LogP contribution in [-0.2, 0) is 4.79 Å². The normalized spacial score (nSPS) is 14.7. The molecule has 3 heterocycles. The Balaban J connectivity index is 1.49. The van der Waals surface area contributed by atoms with Gasteiger partial charge in [0.25, 0.3) is 5.91 Å². The number of aliphatic carboxylic acids is 1. The minimum atomic E-state index is -0.783. The molecule has 3 aromatic carbocycles. The molecule has 1 atom stereocenters. The molecule has 0 bridgehead atoms. The highest BCUT2D eigenvalue weighted by molar-refractivity contribution is 6.31. The lowest BCUT2D eigenvalue weighted by Gasteiger charge is -2.33. The molecule has 10 heteroatoms. The van der Waals surface area contributed by atoms with Gasteiger partial charge in [-0.3, -0.25) is 9.59 Å². The molecule has 0 aliphatic carbocycles. The molecule has 1 saturated heterocycles. The van der Waals surface area contributed by atoms with E-state index in [1.54, 1.807) is 18.5 Å². The number of aromatic nitrogens is 2. The van der Waals surface area contributed by atoms with Crippen LogP contribution in [0.25, 0.3) is 22.2 Å². The van der Waals surface area contributed by atoms with Crippen molar-refractivity contribution in [2.24, 2.45) is 5.92 Å². The highest BCUT2D eigenvalue weighted by Crippen LogP contribution is 2.41. The number of carbonyl (C=O) groups excluding carboxylic acids is 1. The highest BCUT2D eigenvalue weighted by Gasteiger charge is 2.30. The minimum Gasteiger partial charge on any atom is -0.481 e. The summed E-state index contributed by atoms with van der Waals surface area (Å²) in [5.74, 6) is -0.937. The van der Waals surface area contributed by atoms with Crippen LogP contribution < -0.4 is 10.2 Å². The van der Waals surface area contributed by atoms with Gasteiger partial charge in [-0.1, -0.05) is 78.3 Å². The number of piperidine rings is 1. The number of anilines is 2. The number of carbonyl (C=O) groups is 2. The number of aromatic amines is 1. The topological polar surface area (TPSA) is 102 Å². The van der Waals surface area contributed by atoms with Crippen LogP contribution >= 0.6 is 23.2 Å². The van der Waals surface area contributed by atoms with E-state index < -0.39 is 5.97 Å². The second-order valence-corrected chi connectivity index (χ2v) is 13.0. The Morgan fingerprint density at radius 2 is 1.71 bits per heavy atom. The predicted molar refractivity (Wildman–Crippen MR) is 199 cm³/mol. The molecule has 1 fully saturated rings. The molecule has 8 nitrogen and oxygen atoms in total. The maximum absolute atomic E-state index is 14.5. The van der Waals surface area contributed by atoms with Crippen molar-refractivity contribution in [2.75, 3.05) is 23.3 Å². The summed E-state index contributed by atoms with van der Waals surface area (Å²) in [6.45, 7) is 9.41. The van der Waals surface area contributed by atoms with E-state index in [2.05, 4.69) is 33.7 Å². The molecule has 3 N–H and O–H groups in total. The van der Waals surface area contributed by atoms with Crippen molar-refractivity contribution >= 4 is 68.8 Å². The van der Waals surface area contributed by atoms with Gasteiger partial charge >= 0.3 is 5.97 Å². The summed E-state index contributed by atoms with van der Waals surface area (Å²) < 4.78 is 0. The fraction of sp³-hybridized carbons (Fsp3) is 0.205. The summed E-state index contributed by atoms with van der Waals surface area (Å²) in [5, 5.41) is 14.6. The quantitative estimate of drug-likeness (QED) is 0.135. The molecular weight excluding hydrogens is 657 g/mol. The van der Waals surface area contributed by atoms with Gasteiger partial charge in [-0.05, 0) is 86.0 Å². The number of H-pyrrole nitrogens is 1. The van der Waals surface area contributed by atoms with Crippen LogP contribution in [0.2, 0.25) is 10.0 Å². The zero-order valence-corrected chi connectivity index (χ0v) is 28.8. The van der Waals surface area contributed by atoms with Crippen molar-refractivity contribution in [1.82, 2.24) is 14.9 Å². The van der Waals surface area contributed by atoms with Gasteiger partial charge < -0.3 is 25.2 Å². The lowest BCUT2D eigenvalue weighted by molar-refractivity contribution is -0.142. The average molecular weight is 695 g/mol. The van der Waals surface area contributed by atoms with E-state index in [4.69, 9.17) is 23.2 Å². The molecule has 1 amide bonds. The van der Waals surface area contributed by atoms with Crippen molar-refractivity contribution in [3.05, 3.63) is 136 Å². The van der Waals surface area contributed by atoms with Crippen LogP contribution in [0, 0.1) is 5.92 Å². The molecule has 1 aliphatic rings. The molecule has 6 rings (SSSR count). The van der Waals surface area contributed by atoms with Crippen LogP contribution in [0.3, 0.4) is 0 Å². The van der Waals surface area contributed by atoms with Crippen LogP contribution in [-0.4, -0.2) is 44.9 Å². The Bertz CT molecular complexity index is 2030. The molecule has 5 aromatic rings. The number of halogens is 2. The number of pyridine rings is 1. The van der Waals surface area contributed by atoms with Crippen LogP contribution in [0.1, 0.15) is 59.9 Å². The van der Waals surface area contributed by atoms with E-state index in [0.717, 1.165) is 27.8 Å². The summed E-state index contributed by atoms with van der Waals surface area (Å²) in [7, 11) is 0. The fourth-order valence-corrected chi connectivity index (χ4v) is 6.83. The number of allylic oxidation sites excluding steroid dienone is 1. The molecule has 0 spiro atoms. The number of hydrogen-bond donors (Lipinski definition) is 3. The van der Waals surface area contributed by atoms with E-state index in [1.807, 2.05) is 90.7 Å². The third-order valence-corrected chi connectivity index (χ3v) is 9.68. The van der Waals surface area contributed by atoms with Crippen molar-refractivity contribution in [3.63, 3.8) is 0 Å². The van der Waals surface area contributed by atoms with Gasteiger partial charge in [0.05, 0.1) is 23.3 Å². The Labute approximate surface area is 295 Å². The monoisotopic (exact) mass is 693 g/mol. The third-order valence-electron chi connectivity index (χ3n) is 9.19. The highest BCUT2D eigenvalue weighted by atomic mass is 35.5. The number of nitrogens with one attached hydrogen (secondary N) is 2. The Hall–Kier alpha value is -5.05. The molecule has 1 unspecified atom stereocenters. The van der Waals surface area contributed by atoms with Crippen molar-refractivity contribution in [2.45, 2.75) is 32.7 Å². The van der Waals surface area contributed by atoms with Crippen LogP contribution in [0.4, 0.5) is 11.5 Å². The number of benzene rings is 3. The SMILES string of the molecule is C=CN(/C(=C(\C)c1ccccc1)c1c(C(=O)Nc2cccnc2N2CCC(C(=O)O)CC2)[nH]c2cc(Cl)ccc12)C(C)c1ccc(Cl)cc1. The van der Waals surface area contributed by atoms with Crippen LogP contribution in [0.15, 0.2) is 104 Å².